The Morgan fingerprint density at radius 1 is 1.09 bits per heavy atom. The molecule has 0 amide bonds. The van der Waals surface area contributed by atoms with Gasteiger partial charge in [0.2, 0.25) is 5.13 Å². The molecule has 1 fully saturated rings. The number of aromatic nitrogens is 3. The molecule has 1 N–H and O–H groups in total. The lowest BCUT2D eigenvalue weighted by Crippen LogP contribution is -2.53. The van der Waals surface area contributed by atoms with E-state index in [0.717, 1.165) is 39.7 Å². The van der Waals surface area contributed by atoms with Gasteiger partial charge in [0.05, 0.1) is 27.3 Å². The van der Waals surface area contributed by atoms with Crippen molar-refractivity contribution in [2.75, 3.05) is 13.2 Å². The van der Waals surface area contributed by atoms with Crippen molar-refractivity contribution in [3.63, 3.8) is 0 Å². The van der Waals surface area contributed by atoms with E-state index in [-0.39, 0.29) is 11.6 Å². The molecule has 0 bridgehead atoms. The van der Waals surface area contributed by atoms with E-state index >= 15 is 0 Å². The standard InChI is InChI=1S/C26H26N4O3S/c1-17-24-21(15-23(31)29(17)19-11-13-33-14-12-19)28(16-18-7-3-2-4-8-18)30(25(24)32)26-27-20-9-5-6-10-22(20)34-26/h2-10,15,19,23,31H,11-14,16H2,1H3. The normalized spacial score (nSPS) is 18.8. The zero-order chi connectivity index (χ0) is 23.2. The van der Waals surface area contributed by atoms with Gasteiger partial charge in [-0.1, -0.05) is 53.8 Å². The first-order valence-corrected chi connectivity index (χ1v) is 12.4. The maximum atomic E-state index is 14.0. The zero-order valence-corrected chi connectivity index (χ0v) is 19.7. The molecule has 1 atom stereocenters. The van der Waals surface area contributed by atoms with Crippen LogP contribution in [0.2, 0.25) is 0 Å². The molecule has 34 heavy (non-hydrogen) atoms. The van der Waals surface area contributed by atoms with E-state index in [0.29, 0.717) is 30.1 Å². The molecule has 0 saturated carbocycles. The molecule has 2 aromatic carbocycles. The lowest BCUT2D eigenvalue weighted by atomic mass is 10.0. The van der Waals surface area contributed by atoms with Gasteiger partial charge in [-0.25, -0.2) is 4.98 Å². The maximum absolute atomic E-state index is 14.0. The molecule has 0 spiro atoms. The van der Waals surface area contributed by atoms with Crippen LogP contribution in [-0.4, -0.2) is 49.8 Å². The molecule has 2 aliphatic rings. The molecule has 0 radical (unpaired) electrons. The highest BCUT2D eigenvalue weighted by Gasteiger charge is 2.31. The van der Waals surface area contributed by atoms with Crippen LogP contribution in [0.5, 0.6) is 0 Å². The SMILES string of the molecule is CC1=c2c(n(Cc3ccccc3)n(-c3nc4ccccc4s3)c2=O)=CC(O)N1C1CCOCC1. The first kappa shape index (κ1) is 21.3. The Morgan fingerprint density at radius 3 is 2.59 bits per heavy atom. The summed E-state index contributed by atoms with van der Waals surface area (Å²) < 4.78 is 10.2. The molecular formula is C26H26N4O3S. The number of aliphatic hydroxyl groups is 1. The fourth-order valence-corrected chi connectivity index (χ4v) is 6.10. The average molecular weight is 475 g/mol. The van der Waals surface area contributed by atoms with Gasteiger partial charge >= 0.3 is 0 Å². The Labute approximate surface area is 200 Å². The highest BCUT2D eigenvalue weighted by atomic mass is 32.1. The number of fused-ring (bicyclic) bond motifs is 2. The number of rotatable bonds is 4. The third-order valence-electron chi connectivity index (χ3n) is 6.75. The highest BCUT2D eigenvalue weighted by Crippen LogP contribution is 2.25. The molecule has 2 aliphatic heterocycles. The van der Waals surface area contributed by atoms with Crippen LogP contribution in [0.1, 0.15) is 25.3 Å². The van der Waals surface area contributed by atoms with E-state index in [1.165, 1.54) is 11.3 Å². The van der Waals surface area contributed by atoms with E-state index in [9.17, 15) is 9.90 Å². The molecule has 174 valence electrons. The molecule has 4 heterocycles. The minimum Gasteiger partial charge on any atom is -0.381 e. The number of thiazole rings is 1. The van der Waals surface area contributed by atoms with Crippen molar-refractivity contribution in [1.29, 1.82) is 0 Å². The Kier molecular flexibility index (Phi) is 5.36. The summed E-state index contributed by atoms with van der Waals surface area (Å²) in [7, 11) is 0. The van der Waals surface area contributed by atoms with E-state index < -0.39 is 6.23 Å². The topological polar surface area (TPSA) is 72.5 Å². The van der Waals surface area contributed by atoms with Crippen LogP contribution in [0.3, 0.4) is 0 Å². The van der Waals surface area contributed by atoms with Crippen molar-refractivity contribution in [2.24, 2.45) is 0 Å². The summed E-state index contributed by atoms with van der Waals surface area (Å²) in [4.78, 5) is 20.8. The van der Waals surface area contributed by atoms with E-state index in [1.807, 2.05) is 77.2 Å². The van der Waals surface area contributed by atoms with Gasteiger partial charge < -0.3 is 14.7 Å². The molecule has 4 aromatic rings. The molecule has 1 saturated heterocycles. The first-order valence-electron chi connectivity index (χ1n) is 11.6. The van der Waals surface area contributed by atoms with Crippen molar-refractivity contribution < 1.29 is 9.84 Å². The van der Waals surface area contributed by atoms with Gasteiger partial charge in [0.25, 0.3) is 5.56 Å². The summed E-state index contributed by atoms with van der Waals surface area (Å²) in [5, 5.41) is 13.2. The van der Waals surface area contributed by atoms with Gasteiger partial charge in [0.1, 0.15) is 6.23 Å². The molecule has 7 nitrogen and oxygen atoms in total. The van der Waals surface area contributed by atoms with Crippen molar-refractivity contribution in [1.82, 2.24) is 19.2 Å². The largest absolute Gasteiger partial charge is 0.381 e. The second kappa shape index (κ2) is 8.54. The van der Waals surface area contributed by atoms with Gasteiger partial charge in [-0.3, -0.25) is 9.48 Å². The summed E-state index contributed by atoms with van der Waals surface area (Å²) in [5.74, 6) is 0. The number of hydrogen-bond donors (Lipinski definition) is 1. The predicted molar refractivity (Wildman–Crippen MR) is 133 cm³/mol. The fourth-order valence-electron chi connectivity index (χ4n) is 5.13. The molecule has 1 unspecified atom stereocenters. The number of ether oxygens (including phenoxy) is 1. The van der Waals surface area contributed by atoms with Crippen LogP contribution in [0.15, 0.2) is 59.4 Å². The quantitative estimate of drug-likeness (QED) is 0.490. The Morgan fingerprint density at radius 2 is 1.82 bits per heavy atom. The van der Waals surface area contributed by atoms with E-state index in [2.05, 4.69) is 0 Å². The van der Waals surface area contributed by atoms with Crippen LogP contribution >= 0.6 is 11.3 Å². The fraction of sp³-hybridized carbons (Fsp3) is 0.308. The lowest BCUT2D eigenvalue weighted by Gasteiger charge is -2.39. The van der Waals surface area contributed by atoms with Crippen molar-refractivity contribution >= 4 is 33.3 Å². The summed E-state index contributed by atoms with van der Waals surface area (Å²) in [6.07, 6.45) is 2.66. The highest BCUT2D eigenvalue weighted by molar-refractivity contribution is 7.20. The summed E-state index contributed by atoms with van der Waals surface area (Å²) in [5.41, 5.74) is 2.64. The smallest absolute Gasteiger partial charge is 0.283 e. The minimum atomic E-state index is -0.803. The van der Waals surface area contributed by atoms with Crippen molar-refractivity contribution in [3.05, 3.63) is 81.1 Å². The average Bonchev–Trinajstić information content (AvgIpc) is 3.39. The van der Waals surface area contributed by atoms with E-state index in [1.54, 1.807) is 4.68 Å². The zero-order valence-electron chi connectivity index (χ0n) is 18.9. The van der Waals surface area contributed by atoms with Crippen molar-refractivity contribution in [3.8, 4) is 5.13 Å². The van der Waals surface area contributed by atoms with Gasteiger partial charge in [-0.15, -0.1) is 0 Å². The van der Waals surface area contributed by atoms with Gasteiger partial charge in [-0.05, 0) is 43.5 Å². The molecular weight excluding hydrogens is 448 g/mol. The molecule has 0 aliphatic carbocycles. The number of aliphatic hydroxyl groups excluding tert-OH is 1. The van der Waals surface area contributed by atoms with Crippen molar-refractivity contribution in [2.45, 2.75) is 38.6 Å². The minimum absolute atomic E-state index is 0.109. The number of benzene rings is 2. The van der Waals surface area contributed by atoms with Gasteiger partial charge in [0.15, 0.2) is 0 Å². The molecule has 8 heteroatoms. The third-order valence-corrected chi connectivity index (χ3v) is 7.76. The maximum Gasteiger partial charge on any atom is 0.283 e. The number of hydrogen-bond acceptors (Lipinski definition) is 6. The predicted octanol–water partition coefficient (Wildman–Crippen LogP) is 2.02. The van der Waals surface area contributed by atoms with Crippen LogP contribution in [0.4, 0.5) is 0 Å². The van der Waals surface area contributed by atoms with Crippen LogP contribution in [-0.2, 0) is 11.3 Å². The van der Waals surface area contributed by atoms with Crippen LogP contribution in [0, 0.1) is 0 Å². The van der Waals surface area contributed by atoms with Crippen LogP contribution < -0.4 is 16.1 Å². The molecule has 2 aromatic heterocycles. The summed E-state index contributed by atoms with van der Waals surface area (Å²) in [6, 6.07) is 18.1. The van der Waals surface area contributed by atoms with Crippen LogP contribution in [0.25, 0.3) is 27.1 Å². The Bertz CT molecular complexity index is 1500. The number of para-hydroxylation sites is 1. The Balaban J connectivity index is 1.60. The van der Waals surface area contributed by atoms with Gasteiger partial charge in [0, 0.05) is 25.0 Å². The number of nitrogens with zero attached hydrogens (tertiary/aromatic N) is 4. The third kappa shape index (κ3) is 3.50. The van der Waals surface area contributed by atoms with E-state index in [4.69, 9.17) is 9.72 Å². The Hall–Kier alpha value is -3.20. The lowest BCUT2D eigenvalue weighted by molar-refractivity contribution is 0.00358. The second-order valence-electron chi connectivity index (χ2n) is 8.80. The van der Waals surface area contributed by atoms with Gasteiger partial charge in [-0.2, -0.15) is 4.68 Å². The monoisotopic (exact) mass is 474 g/mol. The second-order valence-corrected chi connectivity index (χ2v) is 9.81. The summed E-state index contributed by atoms with van der Waals surface area (Å²) in [6.45, 7) is 3.77. The summed E-state index contributed by atoms with van der Waals surface area (Å²) >= 11 is 1.50. The first-order chi connectivity index (χ1) is 16.6. The molecule has 6 rings (SSSR count).